The minimum absolute atomic E-state index is 0.188. The molecule has 0 unspecified atom stereocenters. The molecule has 0 aliphatic carbocycles. The highest BCUT2D eigenvalue weighted by Gasteiger charge is 2.07. The smallest absolute Gasteiger partial charge is 0.311 e. The summed E-state index contributed by atoms with van der Waals surface area (Å²) in [5, 5.41) is 6.75. The van der Waals surface area contributed by atoms with Gasteiger partial charge < -0.3 is 4.74 Å². The third-order valence-electron chi connectivity index (χ3n) is 3.68. The second kappa shape index (κ2) is 12.5. The Kier molecular flexibility index (Phi) is 9.94. The number of thiazole rings is 1. The van der Waals surface area contributed by atoms with Gasteiger partial charge in [-0.15, -0.1) is 23.1 Å². The summed E-state index contributed by atoms with van der Waals surface area (Å²) in [7, 11) is 0. The number of aromatic nitrogens is 1. The van der Waals surface area contributed by atoms with Gasteiger partial charge in [0.1, 0.15) is 0 Å². The maximum atomic E-state index is 11.5. The van der Waals surface area contributed by atoms with E-state index in [0.29, 0.717) is 17.4 Å². The van der Waals surface area contributed by atoms with Crippen molar-refractivity contribution in [3.63, 3.8) is 0 Å². The number of esters is 1. The Morgan fingerprint density at radius 3 is 3.04 bits per heavy atom. The first-order valence-corrected chi connectivity index (χ1v) is 11.2. The van der Waals surface area contributed by atoms with Crippen LogP contribution in [-0.2, 0) is 16.0 Å². The quantitative estimate of drug-likeness (QED) is 0.169. The van der Waals surface area contributed by atoms with Gasteiger partial charge in [0.05, 0.1) is 24.9 Å². The summed E-state index contributed by atoms with van der Waals surface area (Å²) in [6, 6.07) is 8.36. The molecule has 1 N–H and O–H groups in total. The maximum absolute atomic E-state index is 11.5. The number of ether oxygens (including phenoxy) is 1. The van der Waals surface area contributed by atoms with E-state index in [9.17, 15) is 4.79 Å². The van der Waals surface area contributed by atoms with E-state index in [1.807, 2.05) is 23.2 Å². The summed E-state index contributed by atoms with van der Waals surface area (Å²) < 4.78 is 4.93. The molecule has 0 radical (unpaired) electrons. The van der Waals surface area contributed by atoms with E-state index in [2.05, 4.69) is 40.6 Å². The number of nitrogens with one attached hydrogen (secondary N) is 1. The van der Waals surface area contributed by atoms with Gasteiger partial charge in [-0.05, 0) is 36.8 Å². The van der Waals surface area contributed by atoms with E-state index in [-0.39, 0.29) is 12.4 Å². The number of unbranched alkanes of at least 4 members (excludes halogenated alkanes) is 3. The number of thioether (sulfide) groups is 1. The molecule has 0 fully saturated rings. The van der Waals surface area contributed by atoms with Crippen molar-refractivity contribution in [1.29, 1.82) is 0 Å². The van der Waals surface area contributed by atoms with Crippen LogP contribution in [0.2, 0.25) is 0 Å². The summed E-state index contributed by atoms with van der Waals surface area (Å²) in [4.78, 5) is 17.1. The first kappa shape index (κ1) is 21.4. The van der Waals surface area contributed by atoms with Gasteiger partial charge in [-0.3, -0.25) is 10.2 Å². The monoisotopic (exact) mass is 405 g/mol. The molecule has 5 nitrogen and oxygen atoms in total. The van der Waals surface area contributed by atoms with Crippen molar-refractivity contribution in [2.45, 2.75) is 50.8 Å². The molecule has 146 valence electrons. The fourth-order valence-corrected chi connectivity index (χ4v) is 4.00. The summed E-state index contributed by atoms with van der Waals surface area (Å²) in [5.74, 6) is 0.892. The normalized spacial score (nSPS) is 11.0. The molecular weight excluding hydrogens is 378 g/mol. The number of rotatable bonds is 12. The molecule has 0 amide bonds. The van der Waals surface area contributed by atoms with Crippen molar-refractivity contribution in [3.8, 4) is 0 Å². The Labute approximate surface area is 169 Å². The zero-order valence-electron chi connectivity index (χ0n) is 15.9. The molecule has 1 aromatic heterocycles. The van der Waals surface area contributed by atoms with Crippen LogP contribution in [0.25, 0.3) is 0 Å². The Hall–Kier alpha value is -1.86. The molecule has 2 aromatic rings. The lowest BCUT2D eigenvalue weighted by Gasteiger charge is -2.02. The third-order valence-corrected chi connectivity index (χ3v) is 5.56. The van der Waals surface area contributed by atoms with E-state index >= 15 is 0 Å². The third kappa shape index (κ3) is 8.58. The number of carbonyl (C=O) groups is 1. The van der Waals surface area contributed by atoms with Crippen molar-refractivity contribution >= 4 is 40.4 Å². The second-order valence-corrected chi connectivity index (χ2v) is 8.00. The number of nitrogens with zero attached hydrogens (tertiary/aromatic N) is 2. The zero-order valence-corrected chi connectivity index (χ0v) is 17.6. The Bertz CT molecular complexity index is 732. The molecule has 0 aliphatic rings. The van der Waals surface area contributed by atoms with Crippen molar-refractivity contribution in [2.75, 3.05) is 17.8 Å². The predicted molar refractivity (Wildman–Crippen MR) is 115 cm³/mol. The summed E-state index contributed by atoms with van der Waals surface area (Å²) >= 11 is 3.31. The van der Waals surface area contributed by atoms with Crippen LogP contribution in [0, 0.1) is 0 Å². The molecule has 0 aliphatic heterocycles. The van der Waals surface area contributed by atoms with Crippen LogP contribution >= 0.6 is 23.1 Å². The molecule has 1 aromatic carbocycles. The topological polar surface area (TPSA) is 63.6 Å². The number of carbonyl (C=O) groups excluding carboxylic acids is 1. The van der Waals surface area contributed by atoms with E-state index in [4.69, 9.17) is 4.74 Å². The SMILES string of the molecule is CCCCCCSc1cccc(C=NNc2nc(CC(=O)OCC)cs2)c1. The van der Waals surface area contributed by atoms with Gasteiger partial charge in [0, 0.05) is 10.3 Å². The average Bonchev–Trinajstić information content (AvgIpc) is 3.09. The minimum atomic E-state index is -0.262. The van der Waals surface area contributed by atoms with Crippen molar-refractivity contribution in [2.24, 2.45) is 5.10 Å². The summed E-state index contributed by atoms with van der Waals surface area (Å²) in [6.45, 7) is 4.41. The average molecular weight is 406 g/mol. The molecule has 0 saturated heterocycles. The van der Waals surface area contributed by atoms with Crippen LogP contribution in [0.3, 0.4) is 0 Å². The molecule has 7 heteroatoms. The number of hydrogen-bond acceptors (Lipinski definition) is 7. The van der Waals surface area contributed by atoms with Crippen LogP contribution in [0.5, 0.6) is 0 Å². The van der Waals surface area contributed by atoms with Crippen molar-refractivity contribution < 1.29 is 9.53 Å². The minimum Gasteiger partial charge on any atom is -0.466 e. The molecule has 0 spiro atoms. The van der Waals surface area contributed by atoms with Crippen molar-refractivity contribution in [1.82, 2.24) is 4.98 Å². The lowest BCUT2D eigenvalue weighted by molar-refractivity contribution is -0.142. The van der Waals surface area contributed by atoms with Gasteiger partial charge in [0.2, 0.25) is 5.13 Å². The van der Waals surface area contributed by atoms with E-state index in [0.717, 1.165) is 11.3 Å². The highest BCUT2D eigenvalue weighted by Crippen LogP contribution is 2.21. The van der Waals surface area contributed by atoms with Crippen LogP contribution in [-0.4, -0.2) is 29.5 Å². The largest absolute Gasteiger partial charge is 0.466 e. The molecular formula is C20H27N3O2S2. The predicted octanol–water partition coefficient (Wildman–Crippen LogP) is 5.37. The Morgan fingerprint density at radius 2 is 2.22 bits per heavy atom. The fourth-order valence-electron chi connectivity index (χ4n) is 2.36. The Balaban J connectivity index is 1.79. The lowest BCUT2D eigenvalue weighted by Crippen LogP contribution is -2.07. The Morgan fingerprint density at radius 1 is 1.33 bits per heavy atom. The van der Waals surface area contributed by atoms with E-state index < -0.39 is 0 Å². The van der Waals surface area contributed by atoms with Gasteiger partial charge in [0.25, 0.3) is 0 Å². The van der Waals surface area contributed by atoms with Crippen molar-refractivity contribution in [3.05, 3.63) is 40.9 Å². The molecule has 2 rings (SSSR count). The van der Waals surface area contributed by atoms with Gasteiger partial charge in [-0.1, -0.05) is 38.3 Å². The molecule has 27 heavy (non-hydrogen) atoms. The van der Waals surface area contributed by atoms with Gasteiger partial charge in [-0.25, -0.2) is 4.98 Å². The molecule has 0 saturated carbocycles. The second-order valence-electron chi connectivity index (χ2n) is 5.98. The van der Waals surface area contributed by atoms with Gasteiger partial charge >= 0.3 is 5.97 Å². The number of benzene rings is 1. The van der Waals surface area contributed by atoms with Crippen LogP contribution in [0.4, 0.5) is 5.13 Å². The number of anilines is 1. The molecule has 0 bridgehead atoms. The molecule has 0 atom stereocenters. The maximum Gasteiger partial charge on any atom is 0.311 e. The lowest BCUT2D eigenvalue weighted by atomic mass is 10.2. The highest BCUT2D eigenvalue weighted by atomic mass is 32.2. The number of hydrogen-bond donors (Lipinski definition) is 1. The first-order valence-electron chi connectivity index (χ1n) is 9.33. The fraction of sp³-hybridized carbons (Fsp3) is 0.450. The van der Waals surface area contributed by atoms with Crippen LogP contribution in [0.1, 0.15) is 50.8 Å². The van der Waals surface area contributed by atoms with Gasteiger partial charge in [-0.2, -0.15) is 5.10 Å². The standard InChI is InChI=1S/C20H27N3O2S2/c1-3-5-6-7-11-26-18-10-8-9-16(12-18)14-21-23-20-22-17(15-27-20)13-19(24)25-4-2/h8-10,12,14-15H,3-7,11,13H2,1-2H3,(H,22,23). The number of hydrazone groups is 1. The summed E-state index contributed by atoms with van der Waals surface area (Å²) in [6.07, 6.45) is 7.13. The van der Waals surface area contributed by atoms with Gasteiger partial charge in [0.15, 0.2) is 0 Å². The van der Waals surface area contributed by atoms with Crippen LogP contribution in [0.15, 0.2) is 39.6 Å². The van der Waals surface area contributed by atoms with Crippen LogP contribution < -0.4 is 5.43 Å². The van der Waals surface area contributed by atoms with E-state index in [1.165, 1.54) is 41.9 Å². The summed E-state index contributed by atoms with van der Waals surface area (Å²) in [5.41, 5.74) is 4.66. The first-order chi connectivity index (χ1) is 13.2. The molecule has 1 heterocycles. The van der Waals surface area contributed by atoms with E-state index in [1.54, 1.807) is 13.1 Å². The highest BCUT2D eigenvalue weighted by molar-refractivity contribution is 7.99. The zero-order chi connectivity index (χ0) is 19.3.